The summed E-state index contributed by atoms with van der Waals surface area (Å²) in [7, 11) is 1.83. The summed E-state index contributed by atoms with van der Waals surface area (Å²) in [5.74, 6) is 0.906. The molecule has 0 aromatic heterocycles. The van der Waals surface area contributed by atoms with Crippen molar-refractivity contribution in [3.8, 4) is 0 Å². The van der Waals surface area contributed by atoms with E-state index >= 15 is 0 Å². The largest absolute Gasteiger partial charge is 0.381 e. The number of nitrogens with two attached hydrogens (primary N) is 1. The standard InChI is InChI=1S/C14H28N2O/c1-11(12-5-3-4-6-12)16-8-7-14(17-2)9-13(16)10-15/h11-14H,3-10,15H2,1-2H3. The molecule has 100 valence electrons. The molecule has 1 saturated carbocycles. The van der Waals surface area contributed by atoms with Gasteiger partial charge in [-0.25, -0.2) is 0 Å². The van der Waals surface area contributed by atoms with Gasteiger partial charge in [0.25, 0.3) is 0 Å². The second kappa shape index (κ2) is 6.17. The smallest absolute Gasteiger partial charge is 0.0599 e. The molecule has 3 unspecified atom stereocenters. The van der Waals surface area contributed by atoms with Crippen LogP contribution in [0.2, 0.25) is 0 Å². The quantitative estimate of drug-likeness (QED) is 0.817. The second-order valence-corrected chi connectivity index (χ2v) is 5.79. The summed E-state index contributed by atoms with van der Waals surface area (Å²) >= 11 is 0. The van der Waals surface area contributed by atoms with Crippen LogP contribution in [0.15, 0.2) is 0 Å². The minimum Gasteiger partial charge on any atom is -0.381 e. The molecule has 1 aliphatic carbocycles. The van der Waals surface area contributed by atoms with Crippen LogP contribution in [0.5, 0.6) is 0 Å². The Kier molecular flexibility index (Phi) is 4.83. The van der Waals surface area contributed by atoms with E-state index in [1.54, 1.807) is 0 Å². The average molecular weight is 240 g/mol. The Labute approximate surface area is 106 Å². The van der Waals surface area contributed by atoms with E-state index in [-0.39, 0.29) is 0 Å². The average Bonchev–Trinajstić information content (AvgIpc) is 2.91. The maximum atomic E-state index is 5.95. The maximum absolute atomic E-state index is 5.95. The van der Waals surface area contributed by atoms with Crippen molar-refractivity contribution >= 4 is 0 Å². The van der Waals surface area contributed by atoms with Crippen LogP contribution in [-0.4, -0.2) is 43.3 Å². The van der Waals surface area contributed by atoms with Crippen LogP contribution in [0.25, 0.3) is 0 Å². The zero-order chi connectivity index (χ0) is 12.3. The molecule has 3 atom stereocenters. The van der Waals surface area contributed by atoms with E-state index in [9.17, 15) is 0 Å². The number of rotatable bonds is 4. The van der Waals surface area contributed by atoms with Crippen molar-refractivity contribution in [3.63, 3.8) is 0 Å². The van der Waals surface area contributed by atoms with E-state index in [2.05, 4.69) is 11.8 Å². The molecule has 3 heteroatoms. The highest BCUT2D eigenvalue weighted by Gasteiger charge is 2.34. The Morgan fingerprint density at radius 1 is 1.29 bits per heavy atom. The van der Waals surface area contributed by atoms with E-state index < -0.39 is 0 Å². The van der Waals surface area contributed by atoms with Gasteiger partial charge in [0.15, 0.2) is 0 Å². The lowest BCUT2D eigenvalue weighted by atomic mass is 9.91. The van der Waals surface area contributed by atoms with Gasteiger partial charge < -0.3 is 10.5 Å². The van der Waals surface area contributed by atoms with Crippen LogP contribution >= 0.6 is 0 Å². The second-order valence-electron chi connectivity index (χ2n) is 5.79. The van der Waals surface area contributed by atoms with E-state index in [1.165, 1.54) is 32.1 Å². The molecule has 2 fully saturated rings. The van der Waals surface area contributed by atoms with Crippen molar-refractivity contribution in [3.05, 3.63) is 0 Å². The fourth-order valence-electron chi connectivity index (χ4n) is 3.72. The molecule has 2 rings (SSSR count). The molecular formula is C14H28N2O. The summed E-state index contributed by atoms with van der Waals surface area (Å²) in [6.07, 6.45) is 8.41. The van der Waals surface area contributed by atoms with E-state index in [1.807, 2.05) is 7.11 Å². The topological polar surface area (TPSA) is 38.5 Å². The first kappa shape index (κ1) is 13.3. The van der Waals surface area contributed by atoms with Gasteiger partial charge in [0.1, 0.15) is 0 Å². The van der Waals surface area contributed by atoms with Crippen LogP contribution in [-0.2, 0) is 4.74 Å². The predicted octanol–water partition coefficient (Wildman–Crippen LogP) is 2.00. The number of nitrogens with zero attached hydrogens (tertiary/aromatic N) is 1. The number of likely N-dealkylation sites (tertiary alicyclic amines) is 1. The number of hydrogen-bond donors (Lipinski definition) is 1. The Bertz CT molecular complexity index is 228. The molecule has 0 bridgehead atoms. The van der Waals surface area contributed by atoms with Gasteiger partial charge in [0, 0.05) is 32.3 Å². The van der Waals surface area contributed by atoms with Gasteiger partial charge in [-0.3, -0.25) is 4.90 Å². The Hall–Kier alpha value is -0.120. The highest BCUT2D eigenvalue weighted by atomic mass is 16.5. The molecule has 1 heterocycles. The zero-order valence-corrected chi connectivity index (χ0v) is 11.4. The summed E-state index contributed by atoms with van der Waals surface area (Å²) in [4.78, 5) is 2.66. The van der Waals surface area contributed by atoms with E-state index in [4.69, 9.17) is 10.5 Å². The first-order valence-electron chi connectivity index (χ1n) is 7.24. The predicted molar refractivity (Wildman–Crippen MR) is 71.0 cm³/mol. The van der Waals surface area contributed by atoms with Crippen molar-refractivity contribution < 1.29 is 4.74 Å². The third-order valence-corrected chi connectivity index (χ3v) is 4.92. The third kappa shape index (κ3) is 3.01. The number of ether oxygens (including phenoxy) is 1. The summed E-state index contributed by atoms with van der Waals surface area (Å²) in [6.45, 7) is 4.35. The third-order valence-electron chi connectivity index (χ3n) is 4.92. The van der Waals surface area contributed by atoms with Crippen molar-refractivity contribution in [2.75, 3.05) is 20.2 Å². The Balaban J connectivity index is 1.94. The fraction of sp³-hybridized carbons (Fsp3) is 1.00. The molecule has 0 aromatic carbocycles. The molecule has 2 N–H and O–H groups in total. The van der Waals surface area contributed by atoms with Crippen LogP contribution in [0.1, 0.15) is 45.4 Å². The van der Waals surface area contributed by atoms with Gasteiger partial charge in [0.2, 0.25) is 0 Å². The number of piperidine rings is 1. The lowest BCUT2D eigenvalue weighted by molar-refractivity contribution is -0.0114. The molecule has 0 radical (unpaired) electrons. The highest BCUT2D eigenvalue weighted by Crippen LogP contribution is 2.33. The van der Waals surface area contributed by atoms with Crippen LogP contribution in [0.3, 0.4) is 0 Å². The van der Waals surface area contributed by atoms with E-state index in [0.717, 1.165) is 25.4 Å². The first-order valence-corrected chi connectivity index (χ1v) is 7.24. The highest BCUT2D eigenvalue weighted by molar-refractivity contribution is 4.89. The van der Waals surface area contributed by atoms with Crippen molar-refractivity contribution in [1.29, 1.82) is 0 Å². The monoisotopic (exact) mass is 240 g/mol. The molecule has 1 aliphatic heterocycles. The lowest BCUT2D eigenvalue weighted by Gasteiger charge is -2.44. The lowest BCUT2D eigenvalue weighted by Crippen LogP contribution is -2.53. The van der Waals surface area contributed by atoms with Crippen LogP contribution < -0.4 is 5.73 Å². The summed E-state index contributed by atoms with van der Waals surface area (Å²) in [5.41, 5.74) is 5.95. The van der Waals surface area contributed by atoms with Gasteiger partial charge in [-0.15, -0.1) is 0 Å². The Morgan fingerprint density at radius 3 is 2.59 bits per heavy atom. The van der Waals surface area contributed by atoms with Gasteiger partial charge in [-0.05, 0) is 38.5 Å². The molecule has 1 saturated heterocycles. The molecule has 3 nitrogen and oxygen atoms in total. The minimum absolute atomic E-state index is 0.426. The van der Waals surface area contributed by atoms with Crippen LogP contribution in [0.4, 0.5) is 0 Å². The summed E-state index contributed by atoms with van der Waals surface area (Å²) < 4.78 is 5.49. The summed E-state index contributed by atoms with van der Waals surface area (Å²) in [6, 6.07) is 1.24. The van der Waals surface area contributed by atoms with Gasteiger partial charge in [-0.2, -0.15) is 0 Å². The molecule has 0 amide bonds. The number of methoxy groups -OCH3 is 1. The molecular weight excluding hydrogens is 212 g/mol. The Morgan fingerprint density at radius 2 is 2.00 bits per heavy atom. The van der Waals surface area contributed by atoms with Crippen LogP contribution in [0, 0.1) is 5.92 Å². The van der Waals surface area contributed by atoms with Crippen molar-refractivity contribution in [2.45, 2.75) is 63.6 Å². The van der Waals surface area contributed by atoms with Gasteiger partial charge >= 0.3 is 0 Å². The first-order chi connectivity index (χ1) is 8.26. The normalized spacial score (nSPS) is 34.1. The maximum Gasteiger partial charge on any atom is 0.0599 e. The minimum atomic E-state index is 0.426. The van der Waals surface area contributed by atoms with Gasteiger partial charge in [-0.1, -0.05) is 12.8 Å². The fourth-order valence-corrected chi connectivity index (χ4v) is 3.72. The SMILES string of the molecule is COC1CCN(C(C)C2CCCC2)C(CN)C1. The van der Waals surface area contributed by atoms with Gasteiger partial charge in [0.05, 0.1) is 6.10 Å². The molecule has 0 spiro atoms. The van der Waals surface area contributed by atoms with Crippen molar-refractivity contribution in [2.24, 2.45) is 11.7 Å². The molecule has 17 heavy (non-hydrogen) atoms. The van der Waals surface area contributed by atoms with E-state index in [0.29, 0.717) is 18.2 Å². The number of hydrogen-bond acceptors (Lipinski definition) is 3. The molecule has 0 aromatic rings. The summed E-state index contributed by atoms with van der Waals surface area (Å²) in [5, 5.41) is 0. The van der Waals surface area contributed by atoms with Crippen molar-refractivity contribution in [1.82, 2.24) is 4.90 Å². The zero-order valence-electron chi connectivity index (χ0n) is 11.4. The molecule has 2 aliphatic rings.